The second kappa shape index (κ2) is 5.41. The third-order valence-electron chi connectivity index (χ3n) is 2.77. The highest BCUT2D eigenvalue weighted by atomic mass is 14.7. The van der Waals surface area contributed by atoms with Gasteiger partial charge in [-0.2, -0.15) is 0 Å². The maximum absolute atomic E-state index is 4.69. The predicted octanol–water partition coefficient (Wildman–Crippen LogP) is 4.08. The molecule has 2 aromatic rings. The summed E-state index contributed by atoms with van der Waals surface area (Å²) >= 11 is 0. The zero-order chi connectivity index (χ0) is 13.0. The molecule has 2 aromatic heterocycles. The summed E-state index contributed by atoms with van der Waals surface area (Å²) in [5.41, 5.74) is 4.09. The molecule has 0 aliphatic rings. The summed E-state index contributed by atoms with van der Waals surface area (Å²) < 4.78 is 0. The summed E-state index contributed by atoms with van der Waals surface area (Å²) in [7, 11) is 0. The number of nitrogens with zero attached hydrogens (tertiary/aromatic N) is 2. The SMILES string of the molecule is C=C/C(=C\C=C/C)c1nc2ccncc2cc1C. The number of pyridine rings is 2. The molecule has 0 spiro atoms. The van der Waals surface area contributed by atoms with Crippen molar-refractivity contribution in [1.29, 1.82) is 0 Å². The molecule has 2 heterocycles. The quantitative estimate of drug-likeness (QED) is 0.750. The van der Waals surface area contributed by atoms with Crippen molar-refractivity contribution in [1.82, 2.24) is 9.97 Å². The Bertz CT molecular complexity index is 637. The van der Waals surface area contributed by atoms with Gasteiger partial charge in [-0.05, 0) is 37.1 Å². The summed E-state index contributed by atoms with van der Waals surface area (Å²) in [4.78, 5) is 8.80. The van der Waals surface area contributed by atoms with Gasteiger partial charge >= 0.3 is 0 Å². The summed E-state index contributed by atoms with van der Waals surface area (Å²) in [6.07, 6.45) is 11.4. The summed E-state index contributed by atoms with van der Waals surface area (Å²) in [5, 5.41) is 1.06. The van der Waals surface area contributed by atoms with E-state index >= 15 is 0 Å². The molecule has 2 rings (SSSR count). The summed E-state index contributed by atoms with van der Waals surface area (Å²) in [6, 6.07) is 4.03. The van der Waals surface area contributed by atoms with Crippen molar-refractivity contribution in [2.75, 3.05) is 0 Å². The molecule has 0 unspecified atom stereocenters. The molecule has 0 saturated heterocycles. The third kappa shape index (κ3) is 2.38. The van der Waals surface area contributed by atoms with Gasteiger partial charge in [-0.3, -0.25) is 4.98 Å². The van der Waals surface area contributed by atoms with E-state index in [0.717, 1.165) is 27.7 Å². The number of aromatic nitrogens is 2. The molecule has 0 saturated carbocycles. The van der Waals surface area contributed by atoms with Crippen LogP contribution in [0.3, 0.4) is 0 Å². The Hall–Kier alpha value is -2.22. The summed E-state index contributed by atoms with van der Waals surface area (Å²) in [5.74, 6) is 0. The van der Waals surface area contributed by atoms with Crippen LogP contribution in [0.25, 0.3) is 16.5 Å². The number of aryl methyl sites for hydroxylation is 1. The van der Waals surface area contributed by atoms with Gasteiger partial charge in [0.05, 0.1) is 11.2 Å². The molecule has 0 radical (unpaired) electrons. The Morgan fingerprint density at radius 3 is 2.94 bits per heavy atom. The van der Waals surface area contributed by atoms with Crippen LogP contribution in [0, 0.1) is 6.92 Å². The van der Waals surface area contributed by atoms with Crippen molar-refractivity contribution < 1.29 is 0 Å². The molecule has 2 heteroatoms. The first-order chi connectivity index (χ1) is 8.76. The zero-order valence-corrected chi connectivity index (χ0v) is 10.7. The van der Waals surface area contributed by atoms with Crippen LogP contribution in [-0.4, -0.2) is 9.97 Å². The Labute approximate surface area is 107 Å². The minimum absolute atomic E-state index is 0.957. The highest BCUT2D eigenvalue weighted by Crippen LogP contribution is 2.22. The van der Waals surface area contributed by atoms with Gasteiger partial charge in [0.2, 0.25) is 0 Å². The molecule has 90 valence electrons. The highest BCUT2D eigenvalue weighted by Gasteiger charge is 2.05. The van der Waals surface area contributed by atoms with Crippen molar-refractivity contribution in [3.05, 3.63) is 66.7 Å². The molecule has 0 fully saturated rings. The lowest BCUT2D eigenvalue weighted by atomic mass is 10.0. The molecular weight excluding hydrogens is 220 g/mol. The van der Waals surface area contributed by atoms with Crippen LogP contribution in [0.15, 0.2) is 55.4 Å². The molecule has 0 N–H and O–H groups in total. The molecule has 0 aliphatic carbocycles. The fourth-order valence-electron chi connectivity index (χ4n) is 1.86. The number of fused-ring (bicyclic) bond motifs is 1. The van der Waals surface area contributed by atoms with E-state index in [0.29, 0.717) is 0 Å². The van der Waals surface area contributed by atoms with E-state index in [1.165, 1.54) is 0 Å². The van der Waals surface area contributed by atoms with Crippen LogP contribution in [-0.2, 0) is 0 Å². The van der Waals surface area contributed by atoms with Crippen LogP contribution in [0.1, 0.15) is 18.2 Å². The molecule has 18 heavy (non-hydrogen) atoms. The van der Waals surface area contributed by atoms with Crippen LogP contribution in [0.5, 0.6) is 0 Å². The maximum Gasteiger partial charge on any atom is 0.0740 e. The second-order valence-corrected chi connectivity index (χ2v) is 4.07. The molecule has 0 aromatic carbocycles. The normalized spacial score (nSPS) is 12.2. The van der Waals surface area contributed by atoms with Gasteiger partial charge in [0.1, 0.15) is 0 Å². The first-order valence-corrected chi connectivity index (χ1v) is 5.93. The lowest BCUT2D eigenvalue weighted by Gasteiger charge is -2.07. The molecule has 0 atom stereocenters. The summed E-state index contributed by atoms with van der Waals surface area (Å²) in [6.45, 7) is 7.90. The van der Waals surface area contributed by atoms with Crippen LogP contribution < -0.4 is 0 Å². The first-order valence-electron chi connectivity index (χ1n) is 5.93. The Morgan fingerprint density at radius 1 is 1.39 bits per heavy atom. The number of hydrogen-bond donors (Lipinski definition) is 0. The Balaban J connectivity index is 2.63. The Kier molecular flexibility index (Phi) is 3.68. The van der Waals surface area contributed by atoms with E-state index < -0.39 is 0 Å². The largest absolute Gasteiger partial charge is 0.264 e. The zero-order valence-electron chi connectivity index (χ0n) is 10.7. The predicted molar refractivity (Wildman–Crippen MR) is 77.3 cm³/mol. The van der Waals surface area contributed by atoms with Crippen molar-refractivity contribution in [3.8, 4) is 0 Å². The van der Waals surface area contributed by atoms with Crippen LogP contribution in [0.4, 0.5) is 0 Å². The molecule has 0 bridgehead atoms. The molecule has 0 aliphatic heterocycles. The van der Waals surface area contributed by atoms with Gasteiger partial charge in [0.25, 0.3) is 0 Å². The average Bonchev–Trinajstić information content (AvgIpc) is 2.40. The van der Waals surface area contributed by atoms with E-state index in [1.54, 1.807) is 6.20 Å². The molecular formula is C16H16N2. The van der Waals surface area contributed by atoms with Gasteiger partial charge in [-0.15, -0.1) is 0 Å². The van der Waals surface area contributed by atoms with E-state index in [9.17, 15) is 0 Å². The molecule has 2 nitrogen and oxygen atoms in total. The topological polar surface area (TPSA) is 25.8 Å². The monoisotopic (exact) mass is 236 g/mol. The standard InChI is InChI=1S/C16H16N2/c1-4-6-7-13(5-2)16-12(3)10-14-11-17-9-8-15(14)18-16/h4-11H,2H2,1,3H3/b6-4-,13-7+. The fraction of sp³-hybridized carbons (Fsp3) is 0.125. The van der Waals surface area contributed by atoms with E-state index in [2.05, 4.69) is 29.5 Å². The van der Waals surface area contributed by atoms with Crippen molar-refractivity contribution in [3.63, 3.8) is 0 Å². The number of rotatable bonds is 3. The lowest BCUT2D eigenvalue weighted by molar-refractivity contribution is 1.26. The Morgan fingerprint density at radius 2 is 2.22 bits per heavy atom. The van der Waals surface area contributed by atoms with E-state index in [1.807, 2.05) is 43.5 Å². The second-order valence-electron chi connectivity index (χ2n) is 4.07. The fourth-order valence-corrected chi connectivity index (χ4v) is 1.86. The highest BCUT2D eigenvalue weighted by molar-refractivity contribution is 5.83. The lowest BCUT2D eigenvalue weighted by Crippen LogP contribution is -1.93. The van der Waals surface area contributed by atoms with Gasteiger partial charge < -0.3 is 0 Å². The van der Waals surface area contributed by atoms with Gasteiger partial charge in [0.15, 0.2) is 0 Å². The van der Waals surface area contributed by atoms with E-state index in [-0.39, 0.29) is 0 Å². The van der Waals surface area contributed by atoms with Gasteiger partial charge in [0, 0.05) is 17.8 Å². The van der Waals surface area contributed by atoms with Gasteiger partial charge in [-0.1, -0.05) is 30.9 Å². The van der Waals surface area contributed by atoms with Crippen molar-refractivity contribution >= 4 is 16.5 Å². The minimum atomic E-state index is 0.957. The smallest absolute Gasteiger partial charge is 0.0740 e. The molecule has 0 amide bonds. The van der Waals surface area contributed by atoms with Crippen molar-refractivity contribution in [2.45, 2.75) is 13.8 Å². The first kappa shape index (κ1) is 12.2. The maximum atomic E-state index is 4.69. The van der Waals surface area contributed by atoms with E-state index in [4.69, 9.17) is 0 Å². The third-order valence-corrected chi connectivity index (χ3v) is 2.77. The minimum Gasteiger partial charge on any atom is -0.264 e. The van der Waals surface area contributed by atoms with Crippen molar-refractivity contribution in [2.24, 2.45) is 0 Å². The number of hydrogen-bond acceptors (Lipinski definition) is 2. The van der Waals surface area contributed by atoms with Gasteiger partial charge in [-0.25, -0.2) is 4.98 Å². The van der Waals surface area contributed by atoms with Crippen LogP contribution >= 0.6 is 0 Å². The average molecular weight is 236 g/mol. The van der Waals surface area contributed by atoms with Crippen LogP contribution in [0.2, 0.25) is 0 Å². The number of allylic oxidation sites excluding steroid dienone is 5.